The van der Waals surface area contributed by atoms with Crippen LogP contribution in [0.5, 0.6) is 0 Å². The smallest absolute Gasteiger partial charge is 0.450 e. The number of carboxylic acid groups (broad SMARTS) is 2. The molecular formula is C14H27NO3. The van der Waals surface area contributed by atoms with E-state index in [9.17, 15) is 0 Å². The molecule has 0 amide bonds. The molecule has 106 valence electrons. The largest absolute Gasteiger partial charge is 0.503 e. The molecule has 0 heterocycles. The van der Waals surface area contributed by atoms with Crippen LogP contribution in [0.25, 0.3) is 0 Å². The van der Waals surface area contributed by atoms with Crippen LogP contribution in [0.4, 0.5) is 4.79 Å². The summed E-state index contributed by atoms with van der Waals surface area (Å²) >= 11 is 0. The van der Waals surface area contributed by atoms with E-state index in [4.69, 9.17) is 15.0 Å². The van der Waals surface area contributed by atoms with Crippen molar-refractivity contribution in [1.82, 2.24) is 6.15 Å². The third-order valence-corrected chi connectivity index (χ3v) is 5.96. The van der Waals surface area contributed by atoms with Gasteiger partial charge in [-0.15, -0.1) is 0 Å². The Morgan fingerprint density at radius 3 is 1.72 bits per heavy atom. The van der Waals surface area contributed by atoms with E-state index in [1.165, 1.54) is 12.8 Å². The second-order valence-electron chi connectivity index (χ2n) is 7.11. The molecule has 0 spiro atoms. The Kier molecular flexibility index (Phi) is 4.01. The molecule has 0 aromatic carbocycles. The SMILES string of the molecule is CC12CC3CC(CC(C3)C1(C)C)C2.N.O=C(O)O. The van der Waals surface area contributed by atoms with Crippen LogP contribution in [0.2, 0.25) is 0 Å². The Balaban J connectivity index is 0.000000289. The first-order chi connectivity index (χ1) is 7.74. The molecule has 0 aromatic rings. The fraction of sp³-hybridized carbons (Fsp3) is 0.929. The van der Waals surface area contributed by atoms with Crippen molar-refractivity contribution in [3.63, 3.8) is 0 Å². The number of carbonyl (C=O) groups is 1. The zero-order chi connectivity index (χ0) is 12.8. The van der Waals surface area contributed by atoms with Gasteiger partial charge in [0.2, 0.25) is 0 Å². The lowest BCUT2D eigenvalue weighted by atomic mass is 9.40. The van der Waals surface area contributed by atoms with Crippen molar-refractivity contribution < 1.29 is 15.0 Å². The Labute approximate surface area is 109 Å². The lowest BCUT2D eigenvalue weighted by Crippen LogP contribution is -2.56. The Hall–Kier alpha value is -0.770. The molecule has 4 nitrogen and oxygen atoms in total. The molecule has 2 atom stereocenters. The number of hydrogen-bond donors (Lipinski definition) is 3. The van der Waals surface area contributed by atoms with Crippen molar-refractivity contribution in [2.45, 2.75) is 52.9 Å². The molecule has 18 heavy (non-hydrogen) atoms. The summed E-state index contributed by atoms with van der Waals surface area (Å²) in [4.78, 5) is 8.56. The summed E-state index contributed by atoms with van der Waals surface area (Å²) in [6.45, 7) is 7.64. The third kappa shape index (κ3) is 2.35. The van der Waals surface area contributed by atoms with Gasteiger partial charge in [0.05, 0.1) is 0 Å². The minimum absolute atomic E-state index is 0. The summed E-state index contributed by atoms with van der Waals surface area (Å²) in [5.74, 6) is 3.27. The van der Waals surface area contributed by atoms with Crippen LogP contribution in [0.15, 0.2) is 0 Å². The van der Waals surface area contributed by atoms with E-state index in [1.807, 2.05) is 0 Å². The predicted molar refractivity (Wildman–Crippen MR) is 71.1 cm³/mol. The van der Waals surface area contributed by atoms with E-state index in [2.05, 4.69) is 20.8 Å². The van der Waals surface area contributed by atoms with Crippen LogP contribution in [-0.2, 0) is 0 Å². The number of hydrogen-bond acceptors (Lipinski definition) is 2. The first kappa shape index (κ1) is 15.3. The van der Waals surface area contributed by atoms with Gasteiger partial charge in [-0.25, -0.2) is 4.79 Å². The van der Waals surface area contributed by atoms with Gasteiger partial charge in [-0.1, -0.05) is 20.8 Å². The third-order valence-electron chi connectivity index (χ3n) is 5.96. The molecule has 4 rings (SSSR count). The molecule has 4 heteroatoms. The summed E-state index contributed by atoms with van der Waals surface area (Å²) < 4.78 is 0. The summed E-state index contributed by atoms with van der Waals surface area (Å²) in [6, 6.07) is 0. The van der Waals surface area contributed by atoms with Gasteiger partial charge in [0.25, 0.3) is 0 Å². The van der Waals surface area contributed by atoms with Crippen molar-refractivity contribution >= 4 is 6.16 Å². The average Bonchev–Trinajstić information content (AvgIpc) is 2.12. The van der Waals surface area contributed by atoms with Crippen molar-refractivity contribution in [1.29, 1.82) is 0 Å². The lowest BCUT2D eigenvalue weighted by Gasteiger charge is -2.65. The molecule has 0 aromatic heterocycles. The van der Waals surface area contributed by atoms with Crippen molar-refractivity contribution in [2.24, 2.45) is 28.6 Å². The monoisotopic (exact) mass is 257 g/mol. The highest BCUT2D eigenvalue weighted by atomic mass is 16.6. The van der Waals surface area contributed by atoms with E-state index >= 15 is 0 Å². The molecule has 4 fully saturated rings. The normalized spacial score (nSPS) is 42.5. The summed E-state index contributed by atoms with van der Waals surface area (Å²) in [5.41, 5.74) is 1.34. The van der Waals surface area contributed by atoms with Gasteiger partial charge in [0.15, 0.2) is 0 Å². The maximum absolute atomic E-state index is 8.56. The fourth-order valence-electron chi connectivity index (χ4n) is 4.86. The number of rotatable bonds is 0. The van der Waals surface area contributed by atoms with E-state index < -0.39 is 6.16 Å². The van der Waals surface area contributed by atoms with E-state index in [0.717, 1.165) is 17.8 Å². The van der Waals surface area contributed by atoms with Crippen molar-refractivity contribution in [3.8, 4) is 0 Å². The van der Waals surface area contributed by atoms with E-state index in [1.54, 1.807) is 19.3 Å². The van der Waals surface area contributed by atoms with Crippen LogP contribution in [0, 0.1) is 28.6 Å². The highest BCUT2D eigenvalue weighted by Gasteiger charge is 2.58. The van der Waals surface area contributed by atoms with Gasteiger partial charge in [-0.2, -0.15) is 0 Å². The zero-order valence-electron chi connectivity index (χ0n) is 11.8. The van der Waals surface area contributed by atoms with Gasteiger partial charge >= 0.3 is 6.16 Å². The first-order valence-electron chi connectivity index (χ1n) is 6.66. The topological polar surface area (TPSA) is 92.5 Å². The molecule has 0 aliphatic heterocycles. The molecule has 4 aliphatic carbocycles. The van der Waals surface area contributed by atoms with Crippen molar-refractivity contribution in [2.75, 3.05) is 0 Å². The molecule has 0 saturated heterocycles. The quantitative estimate of drug-likeness (QED) is 0.605. The minimum Gasteiger partial charge on any atom is -0.450 e. The second-order valence-corrected chi connectivity index (χ2v) is 7.11. The minimum atomic E-state index is -1.83. The van der Waals surface area contributed by atoms with Gasteiger partial charge in [-0.3, -0.25) is 0 Å². The van der Waals surface area contributed by atoms with Crippen molar-refractivity contribution in [3.05, 3.63) is 0 Å². The van der Waals surface area contributed by atoms with E-state index in [-0.39, 0.29) is 6.15 Å². The van der Waals surface area contributed by atoms with Gasteiger partial charge < -0.3 is 16.4 Å². The highest BCUT2D eigenvalue weighted by molar-refractivity contribution is 5.53. The summed E-state index contributed by atoms with van der Waals surface area (Å²) in [5, 5.41) is 13.9. The van der Waals surface area contributed by atoms with Crippen LogP contribution in [-0.4, -0.2) is 16.4 Å². The maximum atomic E-state index is 8.56. The molecule has 2 unspecified atom stereocenters. The predicted octanol–water partition coefficient (Wildman–Crippen LogP) is 4.24. The van der Waals surface area contributed by atoms with Crippen LogP contribution < -0.4 is 6.15 Å². The molecular weight excluding hydrogens is 230 g/mol. The molecule has 0 radical (unpaired) electrons. The highest BCUT2D eigenvalue weighted by Crippen LogP contribution is 2.67. The lowest BCUT2D eigenvalue weighted by molar-refractivity contribution is -0.149. The standard InChI is InChI=1S/C13H22.CH2O3.H3N/c1-12(2)11-5-9-4-10(6-11)8-13(12,3)7-9;2-1(3)4;/h9-11H,4-8H2,1-3H3;(H2,2,3,4);1H3. The molecule has 4 aliphatic rings. The Morgan fingerprint density at radius 2 is 1.39 bits per heavy atom. The molecule has 5 N–H and O–H groups in total. The van der Waals surface area contributed by atoms with E-state index in [0.29, 0.717) is 10.8 Å². The van der Waals surface area contributed by atoms with Gasteiger partial charge in [-0.05, 0) is 60.7 Å². The fourth-order valence-corrected chi connectivity index (χ4v) is 4.86. The Bertz CT molecular complexity index is 309. The first-order valence-corrected chi connectivity index (χ1v) is 6.66. The average molecular weight is 257 g/mol. The maximum Gasteiger partial charge on any atom is 0.503 e. The zero-order valence-corrected chi connectivity index (χ0v) is 11.8. The van der Waals surface area contributed by atoms with Crippen LogP contribution >= 0.6 is 0 Å². The molecule has 4 saturated carbocycles. The Morgan fingerprint density at radius 1 is 1.00 bits per heavy atom. The van der Waals surface area contributed by atoms with Crippen LogP contribution in [0.1, 0.15) is 52.9 Å². The van der Waals surface area contributed by atoms with Gasteiger partial charge in [0.1, 0.15) is 0 Å². The second kappa shape index (κ2) is 4.72. The van der Waals surface area contributed by atoms with Crippen LogP contribution in [0.3, 0.4) is 0 Å². The summed E-state index contributed by atoms with van der Waals surface area (Å²) in [7, 11) is 0. The molecule has 4 bridgehead atoms. The van der Waals surface area contributed by atoms with Gasteiger partial charge in [0, 0.05) is 0 Å². The summed E-state index contributed by atoms with van der Waals surface area (Å²) in [6.07, 6.45) is 5.92.